The summed E-state index contributed by atoms with van der Waals surface area (Å²) in [4.78, 5) is 50.3. The van der Waals surface area contributed by atoms with Gasteiger partial charge in [0.05, 0.1) is 21.3 Å². The number of carboxylic acid groups (broad SMARTS) is 1. The first-order valence-corrected chi connectivity index (χ1v) is 11.2. The summed E-state index contributed by atoms with van der Waals surface area (Å²) >= 11 is 18.2. The van der Waals surface area contributed by atoms with Crippen molar-refractivity contribution in [3.05, 3.63) is 85.6 Å². The molecule has 0 bridgehead atoms. The van der Waals surface area contributed by atoms with Crippen LogP contribution in [0.15, 0.2) is 48.0 Å². The Balaban J connectivity index is 1.77. The Kier molecular flexibility index (Phi) is 6.46. The lowest BCUT2D eigenvalue weighted by molar-refractivity contribution is -0.122. The summed E-state index contributed by atoms with van der Waals surface area (Å²) in [5.41, 5.74) is 2.31. The number of carbonyl (C=O) groups excluding carboxylic acids is 3. The molecule has 1 aliphatic heterocycles. The third kappa shape index (κ3) is 4.43. The average molecular weight is 533 g/mol. The molecule has 2 N–H and O–H groups in total. The van der Waals surface area contributed by atoms with Crippen molar-refractivity contribution in [2.45, 2.75) is 13.8 Å². The van der Waals surface area contributed by atoms with E-state index in [0.717, 1.165) is 10.6 Å². The molecule has 178 valence electrons. The Morgan fingerprint density at radius 2 is 1.69 bits per heavy atom. The Morgan fingerprint density at radius 1 is 0.971 bits per heavy atom. The highest BCUT2D eigenvalue weighted by Crippen LogP contribution is 2.32. The van der Waals surface area contributed by atoms with Gasteiger partial charge in [0.2, 0.25) is 0 Å². The van der Waals surface area contributed by atoms with Gasteiger partial charge < -0.3 is 9.67 Å². The molecular weight excluding hydrogens is 517 g/mol. The van der Waals surface area contributed by atoms with Crippen LogP contribution in [0.25, 0.3) is 11.8 Å². The van der Waals surface area contributed by atoms with Gasteiger partial charge in [-0.3, -0.25) is 14.9 Å². The predicted octanol–water partition coefficient (Wildman–Crippen LogP) is 5.42. The molecule has 0 spiro atoms. The molecule has 0 atom stereocenters. The van der Waals surface area contributed by atoms with Crippen LogP contribution in [0.5, 0.6) is 0 Å². The third-order valence-corrected chi connectivity index (χ3v) is 6.31. The van der Waals surface area contributed by atoms with Gasteiger partial charge in [-0.05, 0) is 68.0 Å². The number of nitrogens with zero attached hydrogens (tertiary/aromatic N) is 2. The van der Waals surface area contributed by atoms with E-state index in [1.807, 2.05) is 0 Å². The fourth-order valence-corrected chi connectivity index (χ4v) is 4.59. The number of carbonyl (C=O) groups is 4. The van der Waals surface area contributed by atoms with Gasteiger partial charge in [-0.25, -0.2) is 14.5 Å². The third-order valence-electron chi connectivity index (χ3n) is 5.46. The number of rotatable bonds is 4. The smallest absolute Gasteiger partial charge is 0.337 e. The summed E-state index contributed by atoms with van der Waals surface area (Å²) in [7, 11) is 0. The summed E-state index contributed by atoms with van der Waals surface area (Å²) in [6, 6.07) is 9.60. The molecular formula is C24H16Cl3N3O5. The number of imide groups is 2. The van der Waals surface area contributed by atoms with Gasteiger partial charge in [-0.15, -0.1) is 0 Å². The minimum absolute atomic E-state index is 0.0321. The predicted molar refractivity (Wildman–Crippen MR) is 133 cm³/mol. The van der Waals surface area contributed by atoms with Gasteiger partial charge in [0.1, 0.15) is 5.57 Å². The minimum Gasteiger partial charge on any atom is -0.478 e. The van der Waals surface area contributed by atoms with E-state index in [9.17, 15) is 24.3 Å². The van der Waals surface area contributed by atoms with Crippen molar-refractivity contribution in [1.29, 1.82) is 0 Å². The molecule has 1 saturated heterocycles. The van der Waals surface area contributed by atoms with Gasteiger partial charge >= 0.3 is 12.0 Å². The zero-order valence-electron chi connectivity index (χ0n) is 18.2. The van der Waals surface area contributed by atoms with E-state index in [2.05, 4.69) is 5.32 Å². The van der Waals surface area contributed by atoms with E-state index in [-0.39, 0.29) is 26.9 Å². The number of halogens is 3. The quantitative estimate of drug-likeness (QED) is 0.345. The maximum absolute atomic E-state index is 13.2. The number of aromatic carboxylic acids is 1. The highest BCUT2D eigenvalue weighted by atomic mass is 35.5. The fraction of sp³-hybridized carbons (Fsp3) is 0.0833. The second-order valence-electron chi connectivity index (χ2n) is 7.68. The molecule has 4 amide bonds. The fourth-order valence-electron chi connectivity index (χ4n) is 3.84. The van der Waals surface area contributed by atoms with Gasteiger partial charge in [0.25, 0.3) is 11.8 Å². The van der Waals surface area contributed by atoms with Gasteiger partial charge in [-0.2, -0.15) is 0 Å². The van der Waals surface area contributed by atoms with Gasteiger partial charge in [0, 0.05) is 22.1 Å². The molecule has 3 aromatic rings. The summed E-state index contributed by atoms with van der Waals surface area (Å²) in [6.07, 6.45) is 1.38. The first-order chi connectivity index (χ1) is 16.5. The Hall–Kier alpha value is -3.59. The van der Waals surface area contributed by atoms with Gasteiger partial charge in [-0.1, -0.05) is 34.8 Å². The van der Waals surface area contributed by atoms with Crippen molar-refractivity contribution in [2.24, 2.45) is 0 Å². The Bertz CT molecular complexity index is 1480. The molecule has 8 nitrogen and oxygen atoms in total. The van der Waals surface area contributed by atoms with E-state index in [1.165, 1.54) is 36.4 Å². The van der Waals surface area contributed by atoms with Crippen LogP contribution < -0.4 is 10.2 Å². The first-order valence-electron chi connectivity index (χ1n) is 10.1. The van der Waals surface area contributed by atoms with Crippen molar-refractivity contribution in [1.82, 2.24) is 9.88 Å². The number of nitrogens with one attached hydrogen (secondary N) is 1. The van der Waals surface area contributed by atoms with Crippen molar-refractivity contribution >= 4 is 70.4 Å². The van der Waals surface area contributed by atoms with Crippen LogP contribution in [0.4, 0.5) is 10.5 Å². The van der Waals surface area contributed by atoms with E-state index in [1.54, 1.807) is 30.5 Å². The van der Waals surface area contributed by atoms with Gasteiger partial charge in [0.15, 0.2) is 0 Å². The summed E-state index contributed by atoms with van der Waals surface area (Å²) in [5.74, 6) is -2.84. The van der Waals surface area contributed by atoms with E-state index < -0.39 is 23.8 Å². The lowest BCUT2D eigenvalue weighted by atomic mass is 10.1. The lowest BCUT2D eigenvalue weighted by Gasteiger charge is -2.27. The lowest BCUT2D eigenvalue weighted by Crippen LogP contribution is -2.54. The van der Waals surface area contributed by atoms with Crippen molar-refractivity contribution < 1.29 is 24.3 Å². The SMILES string of the molecule is Cc1cc(/C=C2\C(=O)NC(=O)N(c3ccc(Cl)cc3Cl)C2=O)c(C)n1-c1ccc(C(=O)O)c(Cl)c1. The normalized spacial score (nSPS) is 15.1. The molecule has 0 unspecified atom stereocenters. The van der Waals surface area contributed by atoms with Crippen LogP contribution in [-0.2, 0) is 9.59 Å². The van der Waals surface area contributed by atoms with Crippen molar-refractivity contribution in [2.75, 3.05) is 4.90 Å². The number of amides is 4. The van der Waals surface area contributed by atoms with Crippen LogP contribution in [0, 0.1) is 13.8 Å². The second kappa shape index (κ2) is 9.22. The Labute approximate surface area is 214 Å². The van der Waals surface area contributed by atoms with E-state index >= 15 is 0 Å². The molecule has 1 aliphatic rings. The molecule has 4 rings (SSSR count). The second-order valence-corrected chi connectivity index (χ2v) is 8.94. The maximum atomic E-state index is 13.2. The minimum atomic E-state index is -1.14. The average Bonchev–Trinajstić information content (AvgIpc) is 3.05. The number of benzene rings is 2. The number of urea groups is 1. The highest BCUT2D eigenvalue weighted by molar-refractivity contribution is 6.42. The zero-order valence-corrected chi connectivity index (χ0v) is 20.5. The molecule has 35 heavy (non-hydrogen) atoms. The zero-order chi connectivity index (χ0) is 25.6. The molecule has 0 saturated carbocycles. The monoisotopic (exact) mass is 531 g/mol. The van der Waals surface area contributed by atoms with Crippen LogP contribution in [0.2, 0.25) is 15.1 Å². The first kappa shape index (κ1) is 24.5. The van der Waals surface area contributed by atoms with E-state index in [0.29, 0.717) is 22.0 Å². The molecule has 11 heteroatoms. The number of barbiturate groups is 1. The molecule has 0 radical (unpaired) electrons. The van der Waals surface area contributed by atoms with E-state index in [4.69, 9.17) is 34.8 Å². The molecule has 0 aliphatic carbocycles. The summed E-state index contributed by atoms with van der Waals surface area (Å²) in [6.45, 7) is 3.57. The topological polar surface area (TPSA) is 109 Å². The number of aryl methyl sites for hydroxylation is 1. The van der Waals surface area contributed by atoms with Crippen LogP contribution >= 0.6 is 34.8 Å². The number of aromatic nitrogens is 1. The summed E-state index contributed by atoms with van der Waals surface area (Å²) in [5, 5.41) is 11.8. The standard InChI is InChI=1S/C24H16Cl3N3O5/c1-11-7-13(12(2)29(11)15-4-5-16(23(33)34)18(26)10-15)8-17-21(31)28-24(35)30(22(17)32)20-6-3-14(25)9-19(20)27/h3-10H,1-2H3,(H,33,34)(H,28,31,35)/b17-8+. The van der Waals surface area contributed by atoms with Crippen molar-refractivity contribution in [3.63, 3.8) is 0 Å². The van der Waals surface area contributed by atoms with Crippen molar-refractivity contribution in [3.8, 4) is 5.69 Å². The number of anilines is 1. The maximum Gasteiger partial charge on any atom is 0.337 e. The Morgan fingerprint density at radius 3 is 2.31 bits per heavy atom. The molecule has 2 aromatic carbocycles. The van der Waals surface area contributed by atoms with Crippen LogP contribution in [-0.4, -0.2) is 33.5 Å². The molecule has 1 fully saturated rings. The largest absolute Gasteiger partial charge is 0.478 e. The highest BCUT2D eigenvalue weighted by Gasteiger charge is 2.38. The number of carboxylic acids is 1. The van der Waals surface area contributed by atoms with Crippen LogP contribution in [0.1, 0.15) is 27.3 Å². The summed E-state index contributed by atoms with van der Waals surface area (Å²) < 4.78 is 1.80. The molecule has 2 heterocycles. The number of hydrogen-bond donors (Lipinski definition) is 2. The molecule has 1 aromatic heterocycles. The van der Waals surface area contributed by atoms with Crippen LogP contribution in [0.3, 0.4) is 0 Å². The number of hydrogen-bond acceptors (Lipinski definition) is 4.